The van der Waals surface area contributed by atoms with Crippen molar-refractivity contribution in [2.75, 3.05) is 18.5 Å². The SMILES string of the molecule is C=CCOC(C)C(=O)OCCCC(=O)Nc1c(C)cc(C)cc1C. The van der Waals surface area contributed by atoms with Crippen LogP contribution in [0, 0.1) is 20.8 Å². The minimum atomic E-state index is -0.630. The topological polar surface area (TPSA) is 64.6 Å². The van der Waals surface area contributed by atoms with Crippen LogP contribution < -0.4 is 5.32 Å². The van der Waals surface area contributed by atoms with Gasteiger partial charge in [0, 0.05) is 12.1 Å². The van der Waals surface area contributed by atoms with E-state index in [1.54, 1.807) is 13.0 Å². The van der Waals surface area contributed by atoms with Gasteiger partial charge in [0.25, 0.3) is 0 Å². The Labute approximate surface area is 144 Å². The Hall–Kier alpha value is -2.14. The van der Waals surface area contributed by atoms with Crippen LogP contribution in [-0.2, 0) is 19.1 Å². The molecule has 1 unspecified atom stereocenters. The van der Waals surface area contributed by atoms with Gasteiger partial charge in [-0.05, 0) is 45.2 Å². The number of hydrogen-bond acceptors (Lipinski definition) is 4. The predicted octanol–water partition coefficient (Wildman–Crippen LogP) is 3.46. The molecular formula is C19H27NO4. The van der Waals surface area contributed by atoms with E-state index in [1.165, 1.54) is 5.56 Å². The molecule has 24 heavy (non-hydrogen) atoms. The van der Waals surface area contributed by atoms with Gasteiger partial charge in [0.05, 0.1) is 13.2 Å². The van der Waals surface area contributed by atoms with Crippen molar-refractivity contribution in [3.05, 3.63) is 41.5 Å². The maximum absolute atomic E-state index is 12.0. The molecule has 0 saturated carbocycles. The average molecular weight is 333 g/mol. The summed E-state index contributed by atoms with van der Waals surface area (Å²) in [5.41, 5.74) is 4.11. The van der Waals surface area contributed by atoms with Crippen molar-refractivity contribution < 1.29 is 19.1 Å². The van der Waals surface area contributed by atoms with E-state index in [1.807, 2.05) is 32.9 Å². The van der Waals surface area contributed by atoms with E-state index in [0.717, 1.165) is 16.8 Å². The maximum atomic E-state index is 12.0. The van der Waals surface area contributed by atoms with E-state index in [4.69, 9.17) is 9.47 Å². The number of ether oxygens (including phenoxy) is 2. The highest BCUT2D eigenvalue weighted by Crippen LogP contribution is 2.22. The molecule has 5 nitrogen and oxygen atoms in total. The molecule has 0 aliphatic heterocycles. The summed E-state index contributed by atoms with van der Waals surface area (Å²) in [4.78, 5) is 23.7. The fourth-order valence-corrected chi connectivity index (χ4v) is 2.38. The summed E-state index contributed by atoms with van der Waals surface area (Å²) in [5, 5.41) is 2.93. The predicted molar refractivity (Wildman–Crippen MR) is 95.1 cm³/mol. The molecule has 0 radical (unpaired) electrons. The van der Waals surface area contributed by atoms with Crippen molar-refractivity contribution in [3.8, 4) is 0 Å². The lowest BCUT2D eigenvalue weighted by atomic mass is 10.0. The lowest BCUT2D eigenvalue weighted by Crippen LogP contribution is -2.24. The van der Waals surface area contributed by atoms with Crippen LogP contribution in [0.1, 0.15) is 36.5 Å². The first kappa shape index (κ1) is 19.9. The highest BCUT2D eigenvalue weighted by molar-refractivity contribution is 5.92. The molecule has 1 aromatic carbocycles. The number of amides is 1. The molecule has 5 heteroatoms. The second-order valence-corrected chi connectivity index (χ2v) is 5.86. The number of nitrogens with one attached hydrogen (secondary N) is 1. The molecule has 1 N–H and O–H groups in total. The summed E-state index contributed by atoms with van der Waals surface area (Å²) in [7, 11) is 0. The van der Waals surface area contributed by atoms with Gasteiger partial charge in [-0.2, -0.15) is 0 Å². The van der Waals surface area contributed by atoms with Crippen LogP contribution in [0.3, 0.4) is 0 Å². The lowest BCUT2D eigenvalue weighted by Gasteiger charge is -2.13. The van der Waals surface area contributed by atoms with Crippen molar-refractivity contribution in [2.45, 2.75) is 46.6 Å². The Bertz CT molecular complexity index is 572. The number of esters is 1. The number of carbonyl (C=O) groups is 2. The Balaban J connectivity index is 2.35. The summed E-state index contributed by atoms with van der Waals surface area (Å²) in [6.45, 7) is 11.6. The number of rotatable bonds is 9. The highest BCUT2D eigenvalue weighted by Gasteiger charge is 2.14. The fourth-order valence-electron chi connectivity index (χ4n) is 2.38. The summed E-state index contributed by atoms with van der Waals surface area (Å²) in [6, 6.07) is 4.07. The van der Waals surface area contributed by atoms with Crippen molar-refractivity contribution in [3.63, 3.8) is 0 Å². The minimum absolute atomic E-state index is 0.0861. The van der Waals surface area contributed by atoms with Crippen molar-refractivity contribution in [2.24, 2.45) is 0 Å². The molecule has 1 rings (SSSR count). The number of hydrogen-bond donors (Lipinski definition) is 1. The number of benzene rings is 1. The zero-order chi connectivity index (χ0) is 18.1. The molecule has 0 aromatic heterocycles. The summed E-state index contributed by atoms with van der Waals surface area (Å²) in [6.07, 6.45) is 1.70. The molecule has 0 saturated heterocycles. The van der Waals surface area contributed by atoms with Crippen LogP contribution in [-0.4, -0.2) is 31.2 Å². The van der Waals surface area contributed by atoms with Crippen LogP contribution in [0.5, 0.6) is 0 Å². The number of carbonyl (C=O) groups excluding carboxylic acids is 2. The van der Waals surface area contributed by atoms with Crippen LogP contribution in [0.2, 0.25) is 0 Å². The third-order valence-corrected chi connectivity index (χ3v) is 3.53. The van der Waals surface area contributed by atoms with Crippen LogP contribution >= 0.6 is 0 Å². The molecule has 0 heterocycles. The van der Waals surface area contributed by atoms with Crippen LogP contribution in [0.4, 0.5) is 5.69 Å². The average Bonchev–Trinajstić information content (AvgIpc) is 2.52. The Morgan fingerprint density at radius 1 is 1.25 bits per heavy atom. The van der Waals surface area contributed by atoms with Crippen molar-refractivity contribution in [1.29, 1.82) is 0 Å². The van der Waals surface area contributed by atoms with E-state index < -0.39 is 12.1 Å². The summed E-state index contributed by atoms with van der Waals surface area (Å²) in [5.74, 6) is -0.514. The van der Waals surface area contributed by atoms with E-state index in [2.05, 4.69) is 11.9 Å². The second kappa shape index (κ2) is 9.88. The fraction of sp³-hybridized carbons (Fsp3) is 0.474. The largest absolute Gasteiger partial charge is 0.464 e. The number of anilines is 1. The monoisotopic (exact) mass is 333 g/mol. The molecule has 0 bridgehead atoms. The Kier molecular flexibility index (Phi) is 8.19. The first-order valence-corrected chi connectivity index (χ1v) is 8.12. The summed E-state index contributed by atoms with van der Waals surface area (Å²) >= 11 is 0. The second-order valence-electron chi connectivity index (χ2n) is 5.86. The van der Waals surface area contributed by atoms with E-state index in [0.29, 0.717) is 19.4 Å². The molecule has 1 atom stereocenters. The quantitative estimate of drug-likeness (QED) is 0.427. The molecule has 0 spiro atoms. The molecular weight excluding hydrogens is 306 g/mol. The van der Waals surface area contributed by atoms with E-state index >= 15 is 0 Å². The van der Waals surface area contributed by atoms with Crippen molar-refractivity contribution in [1.82, 2.24) is 0 Å². The zero-order valence-electron chi connectivity index (χ0n) is 15.0. The molecule has 0 fully saturated rings. The first-order valence-electron chi connectivity index (χ1n) is 8.12. The maximum Gasteiger partial charge on any atom is 0.334 e. The van der Waals surface area contributed by atoms with Gasteiger partial charge < -0.3 is 14.8 Å². The Morgan fingerprint density at radius 2 is 1.88 bits per heavy atom. The Morgan fingerprint density at radius 3 is 2.46 bits per heavy atom. The molecule has 1 aromatic rings. The molecule has 0 aliphatic carbocycles. The van der Waals surface area contributed by atoms with Gasteiger partial charge in [0.2, 0.25) is 5.91 Å². The van der Waals surface area contributed by atoms with Gasteiger partial charge in [-0.25, -0.2) is 4.79 Å². The lowest BCUT2D eigenvalue weighted by molar-refractivity contribution is -0.155. The number of aryl methyl sites for hydroxylation is 3. The smallest absolute Gasteiger partial charge is 0.334 e. The molecule has 0 aliphatic rings. The van der Waals surface area contributed by atoms with Crippen LogP contribution in [0.15, 0.2) is 24.8 Å². The van der Waals surface area contributed by atoms with Gasteiger partial charge in [-0.3, -0.25) is 4.79 Å². The van der Waals surface area contributed by atoms with E-state index in [9.17, 15) is 9.59 Å². The van der Waals surface area contributed by atoms with Crippen LogP contribution in [0.25, 0.3) is 0 Å². The summed E-state index contributed by atoms with van der Waals surface area (Å²) < 4.78 is 10.3. The standard InChI is InChI=1S/C19H27NO4/c1-6-9-23-16(5)19(22)24-10-7-8-17(21)20-18-14(3)11-13(2)12-15(18)4/h6,11-12,16H,1,7-10H2,2-5H3,(H,20,21). The van der Waals surface area contributed by atoms with Crippen molar-refractivity contribution >= 4 is 17.6 Å². The minimum Gasteiger partial charge on any atom is -0.464 e. The molecule has 1 amide bonds. The van der Waals surface area contributed by atoms with E-state index in [-0.39, 0.29) is 12.5 Å². The molecule has 132 valence electrons. The normalized spacial score (nSPS) is 11.7. The highest BCUT2D eigenvalue weighted by atomic mass is 16.6. The van der Waals surface area contributed by atoms with Gasteiger partial charge >= 0.3 is 5.97 Å². The third kappa shape index (κ3) is 6.54. The third-order valence-electron chi connectivity index (χ3n) is 3.53. The van der Waals surface area contributed by atoms with Gasteiger partial charge in [-0.15, -0.1) is 6.58 Å². The van der Waals surface area contributed by atoms with Gasteiger partial charge in [0.1, 0.15) is 0 Å². The zero-order valence-corrected chi connectivity index (χ0v) is 15.0. The van der Waals surface area contributed by atoms with Gasteiger partial charge in [-0.1, -0.05) is 23.8 Å². The van der Waals surface area contributed by atoms with Gasteiger partial charge in [0.15, 0.2) is 6.10 Å². The first-order chi connectivity index (χ1) is 11.3.